The number of nitrogens with zero attached hydrogens (tertiary/aromatic N) is 1. The van der Waals surface area contributed by atoms with Crippen molar-refractivity contribution < 1.29 is 41.8 Å². The summed E-state index contributed by atoms with van der Waals surface area (Å²) in [5.74, 6) is -1.39. The number of pyridine rings is 1. The molecule has 11 nitrogen and oxygen atoms in total. The van der Waals surface area contributed by atoms with E-state index in [-0.39, 0.29) is 40.6 Å². The normalized spacial score (nSPS) is 10.8. The summed E-state index contributed by atoms with van der Waals surface area (Å²) < 4.78 is 49.1. The Balaban J connectivity index is 1.68. The summed E-state index contributed by atoms with van der Waals surface area (Å²) in [4.78, 5) is 49.8. The average Bonchev–Trinajstić information content (AvgIpc) is 2.80. The van der Waals surface area contributed by atoms with Gasteiger partial charge < -0.3 is 31.6 Å². The molecule has 0 fully saturated rings. The number of alkyl halides is 3. The Labute approximate surface area is 206 Å². The number of ether oxygens (including phenoxy) is 2. The largest absolute Gasteiger partial charge is 0.457 e. The van der Waals surface area contributed by atoms with Crippen molar-refractivity contribution in [3.05, 3.63) is 77.6 Å². The third-order valence-electron chi connectivity index (χ3n) is 4.53. The standard InChI is InChI=1S/C23H18F3N5O6/c24-23(25,26)13-2-1-12(9-19(27)32)17(10-13)31-22(35)30-14-3-5-15(6-4-14)36-16-7-8-29-18(11-16)20(33)37-21(28)34/h1-8,10-11H,9H2,(H2,27,32)(H2,28,34)(H2,30,31,35). The van der Waals surface area contributed by atoms with Crippen molar-refractivity contribution in [3.63, 3.8) is 0 Å². The number of nitrogens with two attached hydrogens (primary N) is 2. The molecule has 1 heterocycles. The number of carbonyl (C=O) groups is 4. The van der Waals surface area contributed by atoms with Crippen LogP contribution < -0.4 is 26.8 Å². The van der Waals surface area contributed by atoms with Crippen LogP contribution in [-0.2, 0) is 22.1 Å². The van der Waals surface area contributed by atoms with Crippen LogP contribution in [0.2, 0.25) is 0 Å². The molecule has 37 heavy (non-hydrogen) atoms. The van der Waals surface area contributed by atoms with Crippen molar-refractivity contribution >= 4 is 35.4 Å². The number of esters is 1. The first-order valence-corrected chi connectivity index (χ1v) is 10.2. The fourth-order valence-electron chi connectivity index (χ4n) is 2.97. The molecule has 0 aliphatic carbocycles. The quantitative estimate of drug-likeness (QED) is 0.272. The average molecular weight is 517 g/mol. The highest BCUT2D eigenvalue weighted by atomic mass is 19.4. The lowest BCUT2D eigenvalue weighted by Crippen LogP contribution is -2.22. The molecule has 6 N–H and O–H groups in total. The third kappa shape index (κ3) is 7.68. The molecule has 0 unspecified atom stereocenters. The van der Waals surface area contributed by atoms with E-state index in [1.807, 2.05) is 0 Å². The van der Waals surface area contributed by atoms with Crippen molar-refractivity contribution in [1.29, 1.82) is 0 Å². The maximum absolute atomic E-state index is 13.1. The van der Waals surface area contributed by atoms with Crippen LogP contribution >= 0.6 is 0 Å². The number of urea groups is 1. The van der Waals surface area contributed by atoms with Crippen LogP contribution in [0.1, 0.15) is 21.6 Å². The Kier molecular flexibility index (Phi) is 7.92. The number of nitrogens with one attached hydrogen (secondary N) is 2. The Morgan fingerprint density at radius 2 is 1.59 bits per heavy atom. The summed E-state index contributed by atoms with van der Waals surface area (Å²) in [6.45, 7) is 0. The molecule has 2 aromatic carbocycles. The summed E-state index contributed by atoms with van der Waals surface area (Å²) in [6.07, 6.45) is -5.09. The van der Waals surface area contributed by atoms with Gasteiger partial charge in [0, 0.05) is 23.6 Å². The summed E-state index contributed by atoms with van der Waals surface area (Å²) in [6, 6.07) is 10.1. The van der Waals surface area contributed by atoms with Gasteiger partial charge in [0.25, 0.3) is 0 Å². The van der Waals surface area contributed by atoms with E-state index in [1.54, 1.807) is 0 Å². The zero-order chi connectivity index (χ0) is 27.2. The maximum atomic E-state index is 13.1. The maximum Gasteiger partial charge on any atom is 0.416 e. The van der Waals surface area contributed by atoms with Crippen LogP contribution in [-0.4, -0.2) is 29.0 Å². The molecule has 14 heteroatoms. The summed E-state index contributed by atoms with van der Waals surface area (Å²) in [7, 11) is 0. The van der Waals surface area contributed by atoms with Gasteiger partial charge in [-0.25, -0.2) is 19.4 Å². The molecular weight excluding hydrogens is 499 g/mol. The lowest BCUT2D eigenvalue weighted by Gasteiger charge is -2.15. The van der Waals surface area contributed by atoms with Crippen molar-refractivity contribution in [3.8, 4) is 11.5 Å². The van der Waals surface area contributed by atoms with Crippen LogP contribution in [0.25, 0.3) is 0 Å². The van der Waals surface area contributed by atoms with Gasteiger partial charge in [-0.05, 0) is 48.0 Å². The number of amides is 4. The van der Waals surface area contributed by atoms with Gasteiger partial charge in [-0.2, -0.15) is 13.2 Å². The molecule has 0 aliphatic heterocycles. The third-order valence-corrected chi connectivity index (χ3v) is 4.53. The Morgan fingerprint density at radius 1 is 0.892 bits per heavy atom. The number of aromatic nitrogens is 1. The van der Waals surface area contributed by atoms with Crippen molar-refractivity contribution in [2.45, 2.75) is 12.6 Å². The van der Waals surface area contributed by atoms with Gasteiger partial charge in [0.15, 0.2) is 5.69 Å². The molecule has 0 aliphatic rings. The Hall–Kier alpha value is -5.14. The predicted octanol–water partition coefficient (Wildman–Crippen LogP) is 3.80. The second kappa shape index (κ2) is 11.1. The van der Waals surface area contributed by atoms with Crippen molar-refractivity contribution in [1.82, 2.24) is 4.98 Å². The van der Waals surface area contributed by atoms with E-state index in [1.165, 1.54) is 42.6 Å². The highest BCUT2D eigenvalue weighted by molar-refractivity contribution is 6.00. The van der Waals surface area contributed by atoms with E-state index in [0.717, 1.165) is 12.1 Å². The molecule has 0 radical (unpaired) electrons. The first-order chi connectivity index (χ1) is 17.4. The van der Waals surface area contributed by atoms with Crippen LogP contribution in [0, 0.1) is 0 Å². The fourth-order valence-corrected chi connectivity index (χ4v) is 2.97. The summed E-state index contributed by atoms with van der Waals surface area (Å²) in [5.41, 5.74) is 8.83. The van der Waals surface area contributed by atoms with E-state index in [9.17, 15) is 32.3 Å². The van der Waals surface area contributed by atoms with Gasteiger partial charge in [-0.3, -0.25) is 4.79 Å². The number of rotatable bonds is 7. The molecule has 3 aromatic rings. The molecule has 0 atom stereocenters. The minimum Gasteiger partial charge on any atom is -0.457 e. The van der Waals surface area contributed by atoms with Crippen molar-refractivity contribution in [2.75, 3.05) is 10.6 Å². The predicted molar refractivity (Wildman–Crippen MR) is 123 cm³/mol. The fraction of sp³-hybridized carbons (Fsp3) is 0.0870. The molecule has 0 spiro atoms. The summed E-state index contributed by atoms with van der Waals surface area (Å²) in [5, 5.41) is 4.73. The smallest absolute Gasteiger partial charge is 0.416 e. The number of benzene rings is 2. The number of anilines is 2. The number of primary amides is 2. The molecular formula is C23H18F3N5O6. The highest BCUT2D eigenvalue weighted by Crippen LogP contribution is 2.32. The first-order valence-electron chi connectivity index (χ1n) is 10.2. The van der Waals surface area contributed by atoms with E-state index >= 15 is 0 Å². The second-order valence-electron chi connectivity index (χ2n) is 7.30. The van der Waals surface area contributed by atoms with Crippen LogP contribution in [0.3, 0.4) is 0 Å². The topological polar surface area (TPSA) is 176 Å². The van der Waals surface area contributed by atoms with Gasteiger partial charge in [0.2, 0.25) is 5.91 Å². The van der Waals surface area contributed by atoms with Crippen molar-refractivity contribution in [2.24, 2.45) is 11.5 Å². The van der Waals surface area contributed by atoms with E-state index in [2.05, 4.69) is 20.4 Å². The molecule has 3 rings (SSSR count). The molecule has 192 valence electrons. The number of hydrogen-bond acceptors (Lipinski definition) is 7. The minimum absolute atomic E-state index is 0.107. The monoisotopic (exact) mass is 517 g/mol. The SMILES string of the molecule is NC(=O)Cc1ccc(C(F)(F)F)cc1NC(=O)Nc1ccc(Oc2ccnc(C(=O)OC(N)=O)c2)cc1. The number of hydrogen-bond donors (Lipinski definition) is 4. The molecule has 0 bridgehead atoms. The number of halogens is 3. The van der Waals surface area contributed by atoms with E-state index in [4.69, 9.17) is 16.2 Å². The van der Waals surface area contributed by atoms with Gasteiger partial charge in [-0.15, -0.1) is 0 Å². The highest BCUT2D eigenvalue weighted by Gasteiger charge is 2.31. The molecule has 4 amide bonds. The molecule has 0 saturated carbocycles. The lowest BCUT2D eigenvalue weighted by atomic mass is 10.1. The minimum atomic E-state index is -4.66. The van der Waals surface area contributed by atoms with E-state index < -0.39 is 35.7 Å². The Bertz CT molecular complexity index is 1350. The van der Waals surface area contributed by atoms with Crippen LogP contribution in [0.5, 0.6) is 11.5 Å². The molecule has 0 saturated heterocycles. The second-order valence-corrected chi connectivity index (χ2v) is 7.30. The number of carbonyl (C=O) groups excluding carboxylic acids is 4. The Morgan fingerprint density at radius 3 is 2.22 bits per heavy atom. The van der Waals surface area contributed by atoms with Gasteiger partial charge in [0.05, 0.1) is 12.0 Å². The molecule has 1 aromatic heterocycles. The van der Waals surface area contributed by atoms with Gasteiger partial charge >= 0.3 is 24.3 Å². The zero-order valence-electron chi connectivity index (χ0n) is 18.7. The van der Waals surface area contributed by atoms with Crippen LogP contribution in [0.4, 0.5) is 34.1 Å². The van der Waals surface area contributed by atoms with E-state index in [0.29, 0.717) is 6.07 Å². The lowest BCUT2D eigenvalue weighted by molar-refractivity contribution is -0.137. The van der Waals surface area contributed by atoms with Gasteiger partial charge in [0.1, 0.15) is 11.5 Å². The zero-order valence-corrected chi connectivity index (χ0v) is 18.7. The summed E-state index contributed by atoms with van der Waals surface area (Å²) >= 11 is 0. The van der Waals surface area contributed by atoms with Gasteiger partial charge in [-0.1, -0.05) is 6.07 Å². The first kappa shape index (κ1) is 26.5. The van der Waals surface area contributed by atoms with Crippen LogP contribution in [0.15, 0.2) is 60.8 Å².